The Bertz CT molecular complexity index is 1310. The number of anilines is 1. The van der Waals surface area contributed by atoms with Crippen LogP contribution in [-0.2, 0) is 19.6 Å². The quantitative estimate of drug-likeness (QED) is 0.396. The van der Waals surface area contributed by atoms with Crippen molar-refractivity contribution in [1.29, 1.82) is 0 Å². The van der Waals surface area contributed by atoms with Crippen LogP contribution in [0, 0.1) is 12.7 Å². The van der Waals surface area contributed by atoms with Crippen molar-refractivity contribution in [3.63, 3.8) is 0 Å². The van der Waals surface area contributed by atoms with E-state index in [-0.39, 0.29) is 29.0 Å². The molecule has 0 fully saturated rings. The number of methoxy groups -OCH3 is 1. The van der Waals surface area contributed by atoms with Crippen LogP contribution < -0.4 is 9.46 Å². The lowest BCUT2D eigenvalue weighted by atomic mass is 10.1. The summed E-state index contributed by atoms with van der Waals surface area (Å²) >= 11 is 0. The SMILES string of the molecule is CCC(=O)Oc1c(C)cc(C(=O)OC)cc1S(=O)(=O)Nc1cc(-c2ccccc2)ccc1F. The van der Waals surface area contributed by atoms with Crippen LogP contribution >= 0.6 is 0 Å². The maximum atomic E-state index is 14.6. The van der Waals surface area contributed by atoms with Gasteiger partial charge < -0.3 is 9.47 Å². The van der Waals surface area contributed by atoms with Crippen LogP contribution in [0.15, 0.2) is 65.6 Å². The van der Waals surface area contributed by atoms with E-state index in [4.69, 9.17) is 4.74 Å². The van der Waals surface area contributed by atoms with Crippen molar-refractivity contribution in [3.05, 3.63) is 77.6 Å². The minimum atomic E-state index is -4.48. The topological polar surface area (TPSA) is 98.8 Å². The highest BCUT2D eigenvalue weighted by Crippen LogP contribution is 2.33. The number of carbonyl (C=O) groups excluding carboxylic acids is 2. The Morgan fingerprint density at radius 3 is 2.33 bits per heavy atom. The molecule has 0 unspecified atom stereocenters. The fourth-order valence-corrected chi connectivity index (χ4v) is 4.39. The first-order valence-electron chi connectivity index (χ1n) is 9.97. The molecule has 0 saturated heterocycles. The van der Waals surface area contributed by atoms with E-state index in [1.165, 1.54) is 25.1 Å². The van der Waals surface area contributed by atoms with Gasteiger partial charge in [-0.15, -0.1) is 0 Å². The first kappa shape index (κ1) is 23.9. The van der Waals surface area contributed by atoms with E-state index in [9.17, 15) is 22.4 Å². The summed E-state index contributed by atoms with van der Waals surface area (Å²) in [5.41, 5.74) is 1.21. The van der Waals surface area contributed by atoms with Crippen molar-refractivity contribution in [2.45, 2.75) is 25.2 Å². The van der Waals surface area contributed by atoms with Gasteiger partial charge in [0.05, 0.1) is 18.4 Å². The standard InChI is InChI=1S/C24H22FNO6S/c1-4-22(27)32-23-15(2)12-18(24(28)31-3)14-21(23)33(29,30)26-20-13-17(10-11-19(20)25)16-8-6-5-7-9-16/h5-14,26H,4H2,1-3H3. The summed E-state index contributed by atoms with van der Waals surface area (Å²) in [7, 11) is -3.33. The highest BCUT2D eigenvalue weighted by Gasteiger charge is 2.27. The van der Waals surface area contributed by atoms with Crippen molar-refractivity contribution >= 4 is 27.6 Å². The van der Waals surface area contributed by atoms with Crippen molar-refractivity contribution < 1.29 is 31.9 Å². The predicted molar refractivity (Wildman–Crippen MR) is 121 cm³/mol. The summed E-state index contributed by atoms with van der Waals surface area (Å²) in [5, 5.41) is 0. The highest BCUT2D eigenvalue weighted by molar-refractivity contribution is 7.92. The minimum absolute atomic E-state index is 0.00113. The molecular formula is C24H22FNO6S. The molecule has 0 aromatic heterocycles. The number of benzene rings is 3. The lowest BCUT2D eigenvalue weighted by Crippen LogP contribution is -2.19. The van der Waals surface area contributed by atoms with Gasteiger partial charge in [-0.25, -0.2) is 17.6 Å². The molecule has 0 saturated carbocycles. The second kappa shape index (κ2) is 9.83. The summed E-state index contributed by atoms with van der Waals surface area (Å²) in [6, 6.07) is 15.4. The maximum Gasteiger partial charge on any atom is 0.337 e. The first-order valence-corrected chi connectivity index (χ1v) is 11.5. The number of halogens is 1. The second-order valence-electron chi connectivity index (χ2n) is 7.11. The smallest absolute Gasteiger partial charge is 0.337 e. The number of ether oxygens (including phenoxy) is 2. The molecule has 0 amide bonds. The van der Waals surface area contributed by atoms with Crippen LogP contribution in [0.3, 0.4) is 0 Å². The third-order valence-corrected chi connectivity index (χ3v) is 6.14. The van der Waals surface area contributed by atoms with E-state index in [0.717, 1.165) is 24.8 Å². The molecule has 0 atom stereocenters. The monoisotopic (exact) mass is 471 g/mol. The molecule has 3 aromatic carbocycles. The zero-order chi connectivity index (χ0) is 24.2. The van der Waals surface area contributed by atoms with Crippen molar-refractivity contribution in [2.75, 3.05) is 11.8 Å². The van der Waals surface area contributed by atoms with Gasteiger partial charge in [-0.2, -0.15) is 0 Å². The number of hydrogen-bond acceptors (Lipinski definition) is 6. The Morgan fingerprint density at radius 1 is 1.00 bits per heavy atom. The normalized spacial score (nSPS) is 11.0. The number of rotatable bonds is 7. The van der Waals surface area contributed by atoms with Crippen molar-refractivity contribution in [2.24, 2.45) is 0 Å². The Kier molecular flexibility index (Phi) is 7.13. The summed E-state index contributed by atoms with van der Waals surface area (Å²) in [6.45, 7) is 3.04. The van der Waals surface area contributed by atoms with Gasteiger partial charge in [0.25, 0.3) is 10.0 Å². The predicted octanol–water partition coefficient (Wildman–Crippen LogP) is 4.70. The molecule has 3 rings (SSSR count). The van der Waals surface area contributed by atoms with Gasteiger partial charge in [0, 0.05) is 6.42 Å². The summed E-state index contributed by atoms with van der Waals surface area (Å²) in [6.07, 6.45) is -0.00113. The lowest BCUT2D eigenvalue weighted by Gasteiger charge is -2.16. The minimum Gasteiger partial charge on any atom is -0.465 e. The Balaban J connectivity index is 2.11. The van der Waals surface area contributed by atoms with Crippen LogP contribution in [0.4, 0.5) is 10.1 Å². The van der Waals surface area contributed by atoms with Crippen LogP contribution in [0.2, 0.25) is 0 Å². The molecule has 0 aliphatic carbocycles. The third kappa shape index (κ3) is 5.38. The molecule has 3 aromatic rings. The molecule has 0 aliphatic rings. The summed E-state index contributed by atoms with van der Waals surface area (Å²) in [4.78, 5) is 23.5. The van der Waals surface area contributed by atoms with E-state index in [1.54, 1.807) is 31.2 Å². The average Bonchev–Trinajstić information content (AvgIpc) is 2.81. The van der Waals surface area contributed by atoms with Gasteiger partial charge in [-0.1, -0.05) is 43.3 Å². The van der Waals surface area contributed by atoms with E-state index < -0.39 is 32.7 Å². The van der Waals surface area contributed by atoms with E-state index in [2.05, 4.69) is 9.46 Å². The molecular weight excluding hydrogens is 449 g/mol. The number of esters is 2. The highest BCUT2D eigenvalue weighted by atomic mass is 32.2. The number of carbonyl (C=O) groups is 2. The van der Waals surface area contributed by atoms with Crippen molar-refractivity contribution in [3.8, 4) is 16.9 Å². The first-order chi connectivity index (χ1) is 15.7. The molecule has 0 radical (unpaired) electrons. The number of aryl methyl sites for hydroxylation is 1. The zero-order valence-electron chi connectivity index (χ0n) is 18.2. The molecule has 1 N–H and O–H groups in total. The van der Waals surface area contributed by atoms with Gasteiger partial charge >= 0.3 is 11.9 Å². The average molecular weight is 472 g/mol. The second-order valence-corrected chi connectivity index (χ2v) is 8.76. The van der Waals surface area contributed by atoms with Crippen LogP contribution in [-0.4, -0.2) is 27.5 Å². The maximum absolute atomic E-state index is 14.6. The van der Waals surface area contributed by atoms with Gasteiger partial charge in [0.1, 0.15) is 10.7 Å². The zero-order valence-corrected chi connectivity index (χ0v) is 19.0. The molecule has 0 aliphatic heterocycles. The molecule has 33 heavy (non-hydrogen) atoms. The fourth-order valence-electron chi connectivity index (χ4n) is 3.11. The molecule has 0 spiro atoms. The van der Waals surface area contributed by atoms with Gasteiger partial charge in [0.2, 0.25) is 0 Å². The molecule has 0 heterocycles. The summed E-state index contributed by atoms with van der Waals surface area (Å²) in [5.74, 6) is -2.49. The fraction of sp³-hybridized carbons (Fsp3) is 0.167. The van der Waals surface area contributed by atoms with E-state index >= 15 is 0 Å². The van der Waals surface area contributed by atoms with Gasteiger partial charge in [-0.3, -0.25) is 9.52 Å². The van der Waals surface area contributed by atoms with Gasteiger partial charge in [0.15, 0.2) is 5.75 Å². The Morgan fingerprint density at radius 2 is 1.70 bits per heavy atom. The van der Waals surface area contributed by atoms with E-state index in [0.29, 0.717) is 5.56 Å². The number of sulfonamides is 1. The van der Waals surface area contributed by atoms with Crippen molar-refractivity contribution in [1.82, 2.24) is 0 Å². The Labute approximate surface area is 191 Å². The number of hydrogen-bond donors (Lipinski definition) is 1. The Hall–Kier alpha value is -3.72. The van der Waals surface area contributed by atoms with E-state index in [1.807, 2.05) is 6.07 Å². The van der Waals surface area contributed by atoms with Crippen LogP contribution in [0.25, 0.3) is 11.1 Å². The third-order valence-electron chi connectivity index (χ3n) is 4.77. The largest absolute Gasteiger partial charge is 0.465 e. The lowest BCUT2D eigenvalue weighted by molar-refractivity contribution is -0.134. The molecule has 7 nitrogen and oxygen atoms in total. The number of nitrogens with one attached hydrogen (secondary N) is 1. The summed E-state index contributed by atoms with van der Waals surface area (Å²) < 4.78 is 53.3. The molecule has 0 bridgehead atoms. The van der Waals surface area contributed by atoms with Crippen LogP contribution in [0.5, 0.6) is 5.75 Å². The molecule has 172 valence electrons. The van der Waals surface area contributed by atoms with Gasteiger partial charge in [-0.05, 0) is 47.9 Å². The molecule has 9 heteroatoms. The van der Waals surface area contributed by atoms with Crippen LogP contribution in [0.1, 0.15) is 29.3 Å².